The Bertz CT molecular complexity index is 2850. The molecule has 2 aliphatic rings. The van der Waals surface area contributed by atoms with Gasteiger partial charge in [0.05, 0.1) is 27.2 Å². The van der Waals surface area contributed by atoms with Crippen LogP contribution in [-0.4, -0.2) is 0 Å². The molecule has 0 bridgehead atoms. The second-order valence-corrected chi connectivity index (χ2v) is 14.9. The maximum absolute atomic E-state index is 14.2. The van der Waals surface area contributed by atoms with Crippen molar-refractivity contribution in [1.29, 1.82) is 0 Å². The van der Waals surface area contributed by atoms with Crippen LogP contribution in [0.4, 0.5) is 17.1 Å². The SMILES string of the molecule is O=c1c2ccccc2sc2cc3c(cc12)C1(c2ccccc2-3)c2ccccc2N(c2cccc3c2sc2ccccc23)c2ccccc21. The van der Waals surface area contributed by atoms with E-state index in [0.717, 1.165) is 31.5 Å². The van der Waals surface area contributed by atoms with Gasteiger partial charge >= 0.3 is 0 Å². The molecule has 0 radical (unpaired) electrons. The standard InChI is InChI=1S/C44H25NOS2/c46-42-29-14-3-10-23-40(29)47-41-25-30-26-12-1-4-16-32(26)44(35(30)24-31(41)42)33-17-5-7-19-36(33)45(37-20-8-6-18-34(37)44)38-21-11-15-28-27-13-2-9-22-39(27)48-43(28)38/h1-25H. The minimum absolute atomic E-state index is 0.101. The fourth-order valence-corrected chi connectivity index (χ4v) is 10.9. The molecule has 0 fully saturated rings. The molecule has 0 N–H and O–H groups in total. The Morgan fingerprint density at radius 1 is 0.417 bits per heavy atom. The van der Waals surface area contributed by atoms with E-state index in [1.807, 2.05) is 29.5 Å². The van der Waals surface area contributed by atoms with Crippen molar-refractivity contribution in [2.45, 2.75) is 5.41 Å². The molecular weight excluding hydrogens is 623 g/mol. The maximum atomic E-state index is 14.2. The summed E-state index contributed by atoms with van der Waals surface area (Å²) in [6, 6.07) is 54.6. The molecule has 3 heterocycles. The minimum Gasteiger partial charge on any atom is -0.308 e. The van der Waals surface area contributed by atoms with E-state index in [1.54, 1.807) is 11.3 Å². The Hall–Kier alpha value is -5.55. The van der Waals surface area contributed by atoms with Crippen molar-refractivity contribution < 1.29 is 0 Å². The van der Waals surface area contributed by atoms with E-state index < -0.39 is 5.41 Å². The Kier molecular flexibility index (Phi) is 5.25. The summed E-state index contributed by atoms with van der Waals surface area (Å²) in [5.74, 6) is 0. The van der Waals surface area contributed by atoms with Gasteiger partial charge in [-0.05, 0) is 81.9 Å². The molecule has 7 aromatic carbocycles. The lowest BCUT2D eigenvalue weighted by atomic mass is 9.64. The number of nitrogens with zero attached hydrogens (tertiary/aromatic N) is 1. The average molecular weight is 648 g/mol. The third-order valence-electron chi connectivity index (χ3n) is 10.5. The van der Waals surface area contributed by atoms with Crippen molar-refractivity contribution in [3.8, 4) is 11.1 Å². The summed E-state index contributed by atoms with van der Waals surface area (Å²) in [5.41, 5.74) is 10.3. The van der Waals surface area contributed by atoms with Gasteiger partial charge in [0.1, 0.15) is 0 Å². The second-order valence-electron chi connectivity index (χ2n) is 12.7. The summed E-state index contributed by atoms with van der Waals surface area (Å²) >= 11 is 3.57. The second kappa shape index (κ2) is 9.51. The molecule has 48 heavy (non-hydrogen) atoms. The molecule has 0 saturated heterocycles. The summed E-state index contributed by atoms with van der Waals surface area (Å²) in [6.45, 7) is 0. The van der Waals surface area contributed by atoms with Gasteiger partial charge in [-0.1, -0.05) is 103 Å². The number of benzene rings is 7. The molecule has 9 aromatic rings. The molecule has 1 aliphatic heterocycles. The summed E-state index contributed by atoms with van der Waals surface area (Å²) in [5, 5.41) is 4.15. The van der Waals surface area contributed by atoms with Crippen molar-refractivity contribution >= 4 is 80.1 Å². The molecule has 224 valence electrons. The first kappa shape index (κ1) is 26.5. The van der Waals surface area contributed by atoms with Crippen LogP contribution >= 0.6 is 22.7 Å². The molecule has 0 atom stereocenters. The molecule has 0 unspecified atom stereocenters. The Morgan fingerprint density at radius 2 is 1.00 bits per heavy atom. The van der Waals surface area contributed by atoms with Crippen molar-refractivity contribution in [3.05, 3.63) is 184 Å². The van der Waals surface area contributed by atoms with Crippen molar-refractivity contribution in [1.82, 2.24) is 0 Å². The summed E-state index contributed by atoms with van der Waals surface area (Å²) in [6.07, 6.45) is 0. The number of thiophene rings is 1. The third kappa shape index (κ3) is 3.24. The van der Waals surface area contributed by atoms with E-state index in [-0.39, 0.29) is 5.43 Å². The summed E-state index contributed by atoms with van der Waals surface area (Å²) < 4.78 is 4.62. The largest absolute Gasteiger partial charge is 0.308 e. The molecule has 0 saturated carbocycles. The zero-order valence-corrected chi connectivity index (χ0v) is 27.2. The number of fused-ring (bicyclic) bond motifs is 14. The third-order valence-corrected chi connectivity index (χ3v) is 12.8. The molecule has 2 aromatic heterocycles. The Morgan fingerprint density at radius 3 is 1.77 bits per heavy atom. The first-order valence-electron chi connectivity index (χ1n) is 16.2. The lowest BCUT2D eigenvalue weighted by Gasteiger charge is -2.45. The van der Waals surface area contributed by atoms with Crippen LogP contribution in [0.15, 0.2) is 156 Å². The molecule has 1 aliphatic carbocycles. The average Bonchev–Trinajstić information content (AvgIpc) is 3.66. The highest BCUT2D eigenvalue weighted by molar-refractivity contribution is 7.26. The highest BCUT2D eigenvalue weighted by atomic mass is 32.1. The fraction of sp³-hybridized carbons (Fsp3) is 0.0227. The highest BCUT2D eigenvalue weighted by Crippen LogP contribution is 2.64. The molecule has 0 amide bonds. The first-order valence-corrected chi connectivity index (χ1v) is 17.9. The Balaban J connectivity index is 1.28. The lowest BCUT2D eigenvalue weighted by Crippen LogP contribution is -2.36. The first-order chi connectivity index (χ1) is 23.7. The number of hydrogen-bond donors (Lipinski definition) is 0. The topological polar surface area (TPSA) is 20.3 Å². The smallest absolute Gasteiger partial charge is 0.195 e. The zero-order chi connectivity index (χ0) is 31.6. The van der Waals surface area contributed by atoms with Crippen LogP contribution < -0.4 is 10.3 Å². The Labute approximate surface area is 284 Å². The van der Waals surface area contributed by atoms with E-state index in [9.17, 15) is 4.79 Å². The maximum Gasteiger partial charge on any atom is 0.195 e. The van der Waals surface area contributed by atoms with Gasteiger partial charge in [-0.2, -0.15) is 0 Å². The molecule has 11 rings (SSSR count). The van der Waals surface area contributed by atoms with Gasteiger partial charge in [-0.25, -0.2) is 0 Å². The normalized spacial score (nSPS) is 14.0. The molecule has 2 nitrogen and oxygen atoms in total. The molecule has 1 spiro atoms. The van der Waals surface area contributed by atoms with Gasteiger partial charge in [0.15, 0.2) is 5.43 Å². The van der Waals surface area contributed by atoms with Gasteiger partial charge in [-0.3, -0.25) is 4.79 Å². The van der Waals surface area contributed by atoms with Crippen LogP contribution in [0.3, 0.4) is 0 Å². The van der Waals surface area contributed by atoms with Crippen molar-refractivity contribution in [2.24, 2.45) is 0 Å². The van der Waals surface area contributed by atoms with Crippen LogP contribution in [0, 0.1) is 0 Å². The van der Waals surface area contributed by atoms with Crippen LogP contribution in [0.1, 0.15) is 22.3 Å². The predicted molar refractivity (Wildman–Crippen MR) is 204 cm³/mol. The highest BCUT2D eigenvalue weighted by Gasteiger charge is 2.52. The van der Waals surface area contributed by atoms with Crippen LogP contribution in [0.2, 0.25) is 0 Å². The number of rotatable bonds is 1. The molecular formula is C44H25NOS2. The van der Waals surface area contributed by atoms with Crippen LogP contribution in [-0.2, 0) is 5.41 Å². The van der Waals surface area contributed by atoms with Gasteiger partial charge in [0.25, 0.3) is 0 Å². The van der Waals surface area contributed by atoms with Gasteiger partial charge < -0.3 is 4.90 Å². The number of hydrogen-bond acceptors (Lipinski definition) is 4. The fourth-order valence-electron chi connectivity index (χ4n) is 8.57. The van der Waals surface area contributed by atoms with E-state index in [4.69, 9.17) is 0 Å². The van der Waals surface area contributed by atoms with Crippen molar-refractivity contribution in [3.63, 3.8) is 0 Å². The van der Waals surface area contributed by atoms with Crippen LogP contribution in [0.25, 0.3) is 51.5 Å². The number of para-hydroxylation sites is 2. The minimum atomic E-state index is -0.597. The van der Waals surface area contributed by atoms with Gasteiger partial charge in [0, 0.05) is 35.6 Å². The van der Waals surface area contributed by atoms with E-state index in [1.165, 1.54) is 59.2 Å². The van der Waals surface area contributed by atoms with Gasteiger partial charge in [-0.15, -0.1) is 22.7 Å². The van der Waals surface area contributed by atoms with Crippen molar-refractivity contribution in [2.75, 3.05) is 4.90 Å². The molecule has 4 heteroatoms. The van der Waals surface area contributed by atoms with E-state index in [0.29, 0.717) is 0 Å². The summed E-state index contributed by atoms with van der Waals surface area (Å²) in [7, 11) is 0. The van der Waals surface area contributed by atoms with Gasteiger partial charge in [0.2, 0.25) is 0 Å². The van der Waals surface area contributed by atoms with Crippen LogP contribution in [0.5, 0.6) is 0 Å². The quantitative estimate of drug-likeness (QED) is 0.165. The van der Waals surface area contributed by atoms with E-state index in [2.05, 4.69) is 138 Å². The predicted octanol–water partition coefficient (Wildman–Crippen LogP) is 11.9. The summed E-state index contributed by atoms with van der Waals surface area (Å²) in [4.78, 5) is 16.6. The zero-order valence-electron chi connectivity index (χ0n) is 25.6. The number of anilines is 3. The monoisotopic (exact) mass is 647 g/mol. The van der Waals surface area contributed by atoms with E-state index >= 15 is 0 Å². The lowest BCUT2D eigenvalue weighted by molar-refractivity contribution is 0.754.